The van der Waals surface area contributed by atoms with Crippen LogP contribution in [0.2, 0.25) is 0 Å². The number of para-hydroxylation sites is 1. The second kappa shape index (κ2) is 6.05. The molecule has 1 N–H and O–H groups in total. The van der Waals surface area contributed by atoms with Gasteiger partial charge in [-0.1, -0.05) is 18.2 Å². The number of hydrogen-bond acceptors (Lipinski definition) is 4. The van der Waals surface area contributed by atoms with Gasteiger partial charge in [-0.3, -0.25) is 9.67 Å². The number of amides is 2. The highest BCUT2D eigenvalue weighted by atomic mass is 16.2. The van der Waals surface area contributed by atoms with Gasteiger partial charge in [0, 0.05) is 47.9 Å². The van der Waals surface area contributed by atoms with Crippen molar-refractivity contribution in [3.63, 3.8) is 0 Å². The molecule has 1 saturated carbocycles. The Bertz CT molecular complexity index is 1220. The van der Waals surface area contributed by atoms with Gasteiger partial charge in [0.15, 0.2) is 0 Å². The van der Waals surface area contributed by atoms with Crippen LogP contribution in [-0.4, -0.2) is 44.3 Å². The smallest absolute Gasteiger partial charge is 0.318 e. The van der Waals surface area contributed by atoms with Crippen molar-refractivity contribution < 1.29 is 4.79 Å². The number of rotatable bonds is 2. The fourth-order valence-electron chi connectivity index (χ4n) is 4.95. The van der Waals surface area contributed by atoms with E-state index in [4.69, 9.17) is 5.10 Å². The summed E-state index contributed by atoms with van der Waals surface area (Å²) in [7, 11) is 0. The van der Waals surface area contributed by atoms with Gasteiger partial charge in [0.1, 0.15) is 5.54 Å². The van der Waals surface area contributed by atoms with E-state index < -0.39 is 5.54 Å². The van der Waals surface area contributed by atoms with Crippen molar-refractivity contribution in [1.82, 2.24) is 25.0 Å². The number of nitrogens with one attached hydrogen (secondary N) is 1. The van der Waals surface area contributed by atoms with E-state index in [1.54, 1.807) is 0 Å². The molecule has 4 heterocycles. The maximum Gasteiger partial charge on any atom is 0.318 e. The average Bonchev–Trinajstić information content (AvgIpc) is 3.12. The van der Waals surface area contributed by atoms with Gasteiger partial charge in [0.05, 0.1) is 17.3 Å². The van der Waals surface area contributed by atoms with Crippen LogP contribution in [0.5, 0.6) is 0 Å². The Labute approximate surface area is 174 Å². The van der Waals surface area contributed by atoms with E-state index in [2.05, 4.69) is 39.3 Å². The number of nitriles is 1. The predicted molar refractivity (Wildman–Crippen MR) is 112 cm³/mol. The predicted octanol–water partition coefficient (Wildman–Crippen LogP) is 3.21. The first-order valence-corrected chi connectivity index (χ1v) is 10.5. The van der Waals surface area contributed by atoms with Gasteiger partial charge in [-0.25, -0.2) is 4.79 Å². The lowest BCUT2D eigenvalue weighted by molar-refractivity contribution is 0.202. The summed E-state index contributed by atoms with van der Waals surface area (Å²) in [5, 5.41) is 18.2. The number of pyridine rings is 1. The van der Waals surface area contributed by atoms with Crippen LogP contribution in [0.25, 0.3) is 22.2 Å². The highest BCUT2D eigenvalue weighted by Crippen LogP contribution is 2.44. The quantitative estimate of drug-likeness (QED) is 0.718. The van der Waals surface area contributed by atoms with Crippen molar-refractivity contribution in [2.75, 3.05) is 13.1 Å². The molecule has 7 nitrogen and oxygen atoms in total. The van der Waals surface area contributed by atoms with Crippen LogP contribution in [0.1, 0.15) is 31.4 Å². The van der Waals surface area contributed by atoms with Crippen molar-refractivity contribution in [3.8, 4) is 17.3 Å². The topological polar surface area (TPSA) is 86.8 Å². The first-order chi connectivity index (χ1) is 14.6. The zero-order valence-electron chi connectivity index (χ0n) is 16.6. The Balaban J connectivity index is 1.26. The van der Waals surface area contributed by atoms with Crippen LogP contribution in [0.3, 0.4) is 0 Å². The molecule has 3 aromatic rings. The first-order valence-electron chi connectivity index (χ1n) is 10.5. The molecule has 2 aliphatic heterocycles. The zero-order chi connectivity index (χ0) is 20.3. The van der Waals surface area contributed by atoms with Gasteiger partial charge in [-0.2, -0.15) is 10.4 Å². The second-order valence-corrected chi connectivity index (χ2v) is 8.88. The minimum absolute atomic E-state index is 0.0454. The van der Waals surface area contributed by atoms with Crippen molar-refractivity contribution in [2.45, 2.75) is 43.2 Å². The van der Waals surface area contributed by atoms with Crippen LogP contribution < -0.4 is 5.32 Å². The largest absolute Gasteiger partial charge is 0.324 e. The minimum atomic E-state index is -0.624. The standard InChI is InChI=1S/C23H22N6O/c24-14-23(5-6-23)26-21(30)28-9-7-22(15-28)8-10-29-20(22)12-19(27-29)17-11-16-3-1-2-4-18(16)25-13-17/h1-4,11-13H,5-10,15H2,(H,26,30). The third-order valence-electron chi connectivity index (χ3n) is 6.96. The number of carbonyl (C=O) groups excluding carboxylic acids is 1. The van der Waals surface area contributed by atoms with Crippen molar-refractivity contribution >= 4 is 16.9 Å². The lowest BCUT2D eigenvalue weighted by Crippen LogP contribution is -2.45. The third kappa shape index (κ3) is 2.60. The van der Waals surface area contributed by atoms with Gasteiger partial charge in [0.2, 0.25) is 0 Å². The third-order valence-corrected chi connectivity index (χ3v) is 6.96. The first kappa shape index (κ1) is 17.5. The number of carbonyl (C=O) groups is 1. The molecule has 30 heavy (non-hydrogen) atoms. The summed E-state index contributed by atoms with van der Waals surface area (Å²) in [5.41, 5.74) is 3.47. The van der Waals surface area contributed by atoms with E-state index in [9.17, 15) is 10.1 Å². The molecule has 1 aliphatic carbocycles. The number of benzene rings is 1. The number of fused-ring (bicyclic) bond motifs is 3. The summed E-state index contributed by atoms with van der Waals surface area (Å²) < 4.78 is 2.10. The molecule has 2 amide bonds. The van der Waals surface area contributed by atoms with E-state index in [1.165, 1.54) is 5.69 Å². The zero-order valence-corrected chi connectivity index (χ0v) is 16.6. The van der Waals surface area contributed by atoms with E-state index in [0.29, 0.717) is 13.1 Å². The van der Waals surface area contributed by atoms with E-state index in [-0.39, 0.29) is 11.4 Å². The SMILES string of the molecule is N#CC1(NC(=O)N2CCC3(CCn4nc(-c5cnc6ccccc6c5)cc43)C2)CC1. The van der Waals surface area contributed by atoms with Crippen molar-refractivity contribution in [1.29, 1.82) is 5.26 Å². The molecule has 2 fully saturated rings. The molecule has 3 aliphatic rings. The highest BCUT2D eigenvalue weighted by molar-refractivity contribution is 5.83. The number of aryl methyl sites for hydroxylation is 1. The fraction of sp³-hybridized carbons (Fsp3) is 0.391. The van der Waals surface area contributed by atoms with Gasteiger partial charge in [-0.15, -0.1) is 0 Å². The second-order valence-electron chi connectivity index (χ2n) is 8.88. The number of nitrogens with zero attached hydrogens (tertiary/aromatic N) is 5. The Kier molecular flexibility index (Phi) is 3.52. The van der Waals surface area contributed by atoms with E-state index in [1.807, 2.05) is 29.3 Å². The molecule has 1 saturated heterocycles. The number of aromatic nitrogens is 3. The molecule has 0 radical (unpaired) electrons. The Morgan fingerprint density at radius 3 is 2.80 bits per heavy atom. The maximum atomic E-state index is 12.7. The number of hydrogen-bond donors (Lipinski definition) is 1. The Morgan fingerprint density at radius 1 is 1.13 bits per heavy atom. The van der Waals surface area contributed by atoms with Crippen LogP contribution in [-0.2, 0) is 12.0 Å². The summed E-state index contributed by atoms with van der Waals surface area (Å²) in [6, 6.07) is 14.5. The van der Waals surface area contributed by atoms with Crippen LogP contribution in [0, 0.1) is 11.3 Å². The number of likely N-dealkylation sites (tertiary alicyclic amines) is 1. The maximum absolute atomic E-state index is 12.7. The summed E-state index contributed by atoms with van der Waals surface area (Å²) in [5.74, 6) is 0. The summed E-state index contributed by atoms with van der Waals surface area (Å²) >= 11 is 0. The van der Waals surface area contributed by atoms with Crippen LogP contribution in [0.15, 0.2) is 42.6 Å². The number of urea groups is 1. The molecule has 2 aromatic heterocycles. The molecule has 6 rings (SSSR count). The Hall–Kier alpha value is -3.40. The van der Waals surface area contributed by atoms with Gasteiger partial charge in [-0.05, 0) is 43.9 Å². The lowest BCUT2D eigenvalue weighted by Gasteiger charge is -2.24. The summed E-state index contributed by atoms with van der Waals surface area (Å²) in [4.78, 5) is 19.1. The van der Waals surface area contributed by atoms with Crippen LogP contribution >= 0.6 is 0 Å². The molecule has 7 heteroatoms. The van der Waals surface area contributed by atoms with Gasteiger partial charge < -0.3 is 10.2 Å². The average molecular weight is 398 g/mol. The molecule has 1 unspecified atom stereocenters. The normalized spacial score (nSPS) is 23.5. The van der Waals surface area contributed by atoms with Gasteiger partial charge in [0.25, 0.3) is 0 Å². The van der Waals surface area contributed by atoms with Gasteiger partial charge >= 0.3 is 6.03 Å². The molecule has 150 valence electrons. The highest BCUT2D eigenvalue weighted by Gasteiger charge is 2.50. The van der Waals surface area contributed by atoms with Crippen molar-refractivity contribution in [3.05, 3.63) is 48.3 Å². The molecule has 1 spiro atoms. The van der Waals surface area contributed by atoms with E-state index >= 15 is 0 Å². The monoisotopic (exact) mass is 398 g/mol. The summed E-state index contributed by atoms with van der Waals surface area (Å²) in [6.45, 7) is 2.26. The van der Waals surface area contributed by atoms with E-state index in [0.717, 1.165) is 54.4 Å². The molecular weight excluding hydrogens is 376 g/mol. The summed E-state index contributed by atoms with van der Waals surface area (Å²) in [6.07, 6.45) is 5.33. The minimum Gasteiger partial charge on any atom is -0.324 e. The molecule has 1 aromatic carbocycles. The van der Waals surface area contributed by atoms with Crippen molar-refractivity contribution in [2.24, 2.45) is 0 Å². The molecular formula is C23H22N6O. The lowest BCUT2D eigenvalue weighted by atomic mass is 9.82. The molecule has 1 atom stereocenters. The fourth-order valence-corrected chi connectivity index (χ4v) is 4.95. The molecule has 0 bridgehead atoms. The van der Waals surface area contributed by atoms with Crippen LogP contribution in [0.4, 0.5) is 4.79 Å². The Morgan fingerprint density at radius 2 is 1.97 bits per heavy atom.